The molecule has 2 N–H and O–H groups in total. The number of aromatic nitrogens is 2. The summed E-state index contributed by atoms with van der Waals surface area (Å²) in [6, 6.07) is 3.37. The van der Waals surface area contributed by atoms with Gasteiger partial charge < -0.3 is 14.2 Å². The van der Waals surface area contributed by atoms with Gasteiger partial charge in [-0.05, 0) is 31.5 Å². The molecule has 0 aliphatic carbocycles. The fraction of sp³-hybridized carbons (Fsp3) is 0.364. The molecule has 0 saturated carbocycles. The quantitative estimate of drug-likeness (QED) is 0.851. The van der Waals surface area contributed by atoms with Crippen LogP contribution < -0.4 is 10.6 Å². The van der Waals surface area contributed by atoms with Gasteiger partial charge in [-0.2, -0.15) is 0 Å². The number of anilines is 1. The van der Waals surface area contributed by atoms with Crippen molar-refractivity contribution in [2.45, 2.75) is 18.9 Å². The van der Waals surface area contributed by atoms with Crippen LogP contribution >= 0.6 is 0 Å². The molecule has 7 nitrogen and oxygen atoms in total. The molecule has 94 valence electrons. The van der Waals surface area contributed by atoms with Gasteiger partial charge in [-0.25, -0.2) is 0 Å². The molecule has 2 aromatic heterocycles. The summed E-state index contributed by atoms with van der Waals surface area (Å²) in [7, 11) is 0. The van der Waals surface area contributed by atoms with E-state index in [9.17, 15) is 4.79 Å². The van der Waals surface area contributed by atoms with E-state index in [1.165, 1.54) is 6.26 Å². The number of nitrogens with one attached hydrogen (secondary N) is 2. The Morgan fingerprint density at radius 3 is 3.17 bits per heavy atom. The topological polar surface area (TPSA) is 93.2 Å². The zero-order valence-electron chi connectivity index (χ0n) is 9.55. The van der Waals surface area contributed by atoms with Gasteiger partial charge in [0.2, 0.25) is 5.89 Å². The summed E-state index contributed by atoms with van der Waals surface area (Å²) in [5.74, 6) is 0.297. The first-order valence-corrected chi connectivity index (χ1v) is 5.74. The molecule has 18 heavy (non-hydrogen) atoms. The average Bonchev–Trinajstić information content (AvgIpc) is 3.12. The number of nitrogens with zero attached hydrogens (tertiary/aromatic N) is 2. The number of rotatable bonds is 3. The molecule has 1 amide bonds. The van der Waals surface area contributed by atoms with E-state index in [4.69, 9.17) is 8.83 Å². The van der Waals surface area contributed by atoms with E-state index < -0.39 is 5.91 Å². The van der Waals surface area contributed by atoms with Crippen molar-refractivity contribution in [1.29, 1.82) is 0 Å². The van der Waals surface area contributed by atoms with Crippen molar-refractivity contribution in [3.05, 3.63) is 30.0 Å². The molecule has 0 bridgehead atoms. The lowest BCUT2D eigenvalue weighted by Gasteiger charge is -2.02. The molecule has 7 heteroatoms. The molecule has 0 spiro atoms. The SMILES string of the molecule is O=C(Nc1nnc(C2CCCN2)o1)c1ccco1. The maximum absolute atomic E-state index is 11.7. The van der Waals surface area contributed by atoms with Gasteiger partial charge in [0.15, 0.2) is 5.76 Å². The van der Waals surface area contributed by atoms with Crippen LogP contribution in [0.1, 0.15) is 35.3 Å². The molecule has 1 saturated heterocycles. The summed E-state index contributed by atoms with van der Waals surface area (Å²) in [4.78, 5) is 11.7. The van der Waals surface area contributed by atoms with Crippen LogP contribution in [0.3, 0.4) is 0 Å². The Hall–Kier alpha value is -2.15. The minimum atomic E-state index is -0.408. The fourth-order valence-corrected chi connectivity index (χ4v) is 1.89. The second kappa shape index (κ2) is 4.61. The molecule has 0 radical (unpaired) electrons. The first-order chi connectivity index (χ1) is 8.83. The lowest BCUT2D eigenvalue weighted by Crippen LogP contribution is -2.13. The molecule has 2 aromatic rings. The molecule has 1 aliphatic rings. The second-order valence-electron chi connectivity index (χ2n) is 4.03. The standard InChI is InChI=1S/C11H12N4O3/c16-9(8-4-2-6-17-8)13-11-15-14-10(18-11)7-3-1-5-12-7/h2,4,6-7,12H,1,3,5H2,(H,13,15,16). The summed E-state index contributed by atoms with van der Waals surface area (Å²) >= 11 is 0. The zero-order chi connectivity index (χ0) is 12.4. The summed E-state index contributed by atoms with van der Waals surface area (Å²) < 4.78 is 10.3. The maximum atomic E-state index is 11.7. The molecular weight excluding hydrogens is 236 g/mol. The third-order valence-corrected chi connectivity index (χ3v) is 2.76. The number of amides is 1. The Bertz CT molecular complexity index is 528. The molecule has 1 fully saturated rings. The molecule has 1 aliphatic heterocycles. The molecular formula is C11H12N4O3. The highest BCUT2D eigenvalue weighted by molar-refractivity contribution is 6.00. The fourth-order valence-electron chi connectivity index (χ4n) is 1.89. The van der Waals surface area contributed by atoms with Gasteiger partial charge in [-0.3, -0.25) is 10.1 Å². The third kappa shape index (κ3) is 2.12. The van der Waals surface area contributed by atoms with Crippen LogP contribution in [0.5, 0.6) is 0 Å². The largest absolute Gasteiger partial charge is 0.459 e. The Labute approximate surface area is 103 Å². The van der Waals surface area contributed by atoms with Crippen molar-refractivity contribution < 1.29 is 13.6 Å². The Kier molecular flexibility index (Phi) is 2.81. The average molecular weight is 248 g/mol. The van der Waals surface area contributed by atoms with E-state index >= 15 is 0 Å². The molecule has 3 heterocycles. The summed E-state index contributed by atoms with van der Waals surface area (Å²) in [5.41, 5.74) is 0. The van der Waals surface area contributed by atoms with E-state index in [-0.39, 0.29) is 17.8 Å². The Morgan fingerprint density at radius 2 is 2.44 bits per heavy atom. The molecule has 0 aromatic carbocycles. The minimum Gasteiger partial charge on any atom is -0.459 e. The third-order valence-electron chi connectivity index (χ3n) is 2.76. The Balaban J connectivity index is 1.68. The zero-order valence-corrected chi connectivity index (χ0v) is 9.55. The first-order valence-electron chi connectivity index (χ1n) is 5.74. The molecule has 1 unspecified atom stereocenters. The van der Waals surface area contributed by atoms with Crippen LogP contribution in [0.15, 0.2) is 27.2 Å². The van der Waals surface area contributed by atoms with Crippen LogP contribution in [0.25, 0.3) is 0 Å². The van der Waals surface area contributed by atoms with Gasteiger partial charge in [0.05, 0.1) is 12.3 Å². The monoisotopic (exact) mass is 248 g/mol. The van der Waals surface area contributed by atoms with Gasteiger partial charge in [0.1, 0.15) is 0 Å². The normalized spacial score (nSPS) is 19.0. The maximum Gasteiger partial charge on any atom is 0.322 e. The minimum absolute atomic E-state index is 0.0834. The van der Waals surface area contributed by atoms with E-state index in [1.54, 1.807) is 12.1 Å². The van der Waals surface area contributed by atoms with Crippen LogP contribution in [0.2, 0.25) is 0 Å². The number of hydrogen-bond acceptors (Lipinski definition) is 6. The predicted octanol–water partition coefficient (Wildman–Crippen LogP) is 1.34. The van der Waals surface area contributed by atoms with Gasteiger partial charge in [-0.15, -0.1) is 5.10 Å². The number of carbonyl (C=O) groups is 1. The Morgan fingerprint density at radius 1 is 1.50 bits per heavy atom. The summed E-state index contributed by atoms with van der Waals surface area (Å²) in [6.07, 6.45) is 3.48. The summed E-state index contributed by atoms with van der Waals surface area (Å²) in [5, 5.41) is 13.4. The lowest BCUT2D eigenvalue weighted by molar-refractivity contribution is 0.0993. The number of carbonyl (C=O) groups excluding carboxylic acids is 1. The van der Waals surface area contributed by atoms with Crippen molar-refractivity contribution in [3.63, 3.8) is 0 Å². The molecule has 1 atom stereocenters. The smallest absolute Gasteiger partial charge is 0.322 e. The van der Waals surface area contributed by atoms with Crippen LogP contribution in [0.4, 0.5) is 6.01 Å². The number of furan rings is 1. The van der Waals surface area contributed by atoms with E-state index in [2.05, 4.69) is 20.8 Å². The van der Waals surface area contributed by atoms with Crippen molar-refractivity contribution in [3.8, 4) is 0 Å². The van der Waals surface area contributed by atoms with E-state index in [0.29, 0.717) is 5.89 Å². The van der Waals surface area contributed by atoms with Crippen LogP contribution in [-0.2, 0) is 0 Å². The predicted molar refractivity (Wildman–Crippen MR) is 60.9 cm³/mol. The highest BCUT2D eigenvalue weighted by atomic mass is 16.4. The van der Waals surface area contributed by atoms with E-state index in [1.807, 2.05) is 0 Å². The van der Waals surface area contributed by atoms with Crippen molar-refractivity contribution in [2.75, 3.05) is 11.9 Å². The van der Waals surface area contributed by atoms with Gasteiger partial charge in [0.25, 0.3) is 5.91 Å². The van der Waals surface area contributed by atoms with Gasteiger partial charge in [0, 0.05) is 0 Å². The van der Waals surface area contributed by atoms with Crippen molar-refractivity contribution in [1.82, 2.24) is 15.5 Å². The van der Waals surface area contributed by atoms with Crippen LogP contribution in [0, 0.1) is 0 Å². The highest BCUT2D eigenvalue weighted by Crippen LogP contribution is 2.22. The van der Waals surface area contributed by atoms with Crippen molar-refractivity contribution in [2.24, 2.45) is 0 Å². The second-order valence-corrected chi connectivity index (χ2v) is 4.03. The van der Waals surface area contributed by atoms with Crippen LogP contribution in [-0.4, -0.2) is 22.6 Å². The highest BCUT2D eigenvalue weighted by Gasteiger charge is 2.22. The van der Waals surface area contributed by atoms with Gasteiger partial charge in [-0.1, -0.05) is 5.10 Å². The molecule has 3 rings (SSSR count). The van der Waals surface area contributed by atoms with Crippen molar-refractivity contribution >= 4 is 11.9 Å². The van der Waals surface area contributed by atoms with Gasteiger partial charge >= 0.3 is 6.01 Å². The lowest BCUT2D eigenvalue weighted by atomic mass is 10.2. The van der Waals surface area contributed by atoms with E-state index in [0.717, 1.165) is 19.4 Å². The number of hydrogen-bond donors (Lipinski definition) is 2. The summed E-state index contributed by atoms with van der Waals surface area (Å²) in [6.45, 7) is 0.946. The first kappa shape index (κ1) is 11.0.